The molecule has 22 heavy (non-hydrogen) atoms. The van der Waals surface area contributed by atoms with Crippen LogP contribution < -0.4 is 0 Å². The van der Waals surface area contributed by atoms with Crippen LogP contribution in [0.3, 0.4) is 0 Å². The summed E-state index contributed by atoms with van der Waals surface area (Å²) in [6.07, 6.45) is 11.6. The van der Waals surface area contributed by atoms with E-state index in [1.807, 2.05) is 0 Å². The van der Waals surface area contributed by atoms with Crippen LogP contribution >= 0.6 is 0 Å². The minimum Gasteiger partial charge on any atom is -0.449 e. The SMILES string of the molecule is C[Si](O[Si](C)(C)C(F)(F)F)(C1CCCCC1)C1CCCCC1. The third kappa shape index (κ3) is 3.98. The van der Waals surface area contributed by atoms with E-state index in [2.05, 4.69) is 6.55 Å². The molecule has 2 aliphatic carbocycles. The Morgan fingerprint density at radius 3 is 1.41 bits per heavy atom. The lowest BCUT2D eigenvalue weighted by molar-refractivity contribution is -0.0670. The molecule has 130 valence electrons. The van der Waals surface area contributed by atoms with Gasteiger partial charge in [-0.2, -0.15) is 13.2 Å². The van der Waals surface area contributed by atoms with Crippen LogP contribution in [-0.4, -0.2) is 22.4 Å². The standard InChI is InChI=1S/C16H31F3OSi2/c1-21(2,16(17,18)19)20-22(3,14-10-6-4-7-11-14)15-12-8-5-9-13-15/h14-15H,4-13H2,1-3H3. The van der Waals surface area contributed by atoms with Gasteiger partial charge in [0.25, 0.3) is 8.32 Å². The molecule has 0 atom stereocenters. The molecular weight excluding hydrogens is 321 g/mol. The van der Waals surface area contributed by atoms with E-state index in [1.165, 1.54) is 51.6 Å². The smallest absolute Gasteiger partial charge is 0.387 e. The fourth-order valence-electron chi connectivity index (χ4n) is 4.46. The average Bonchev–Trinajstić information content (AvgIpc) is 2.47. The van der Waals surface area contributed by atoms with E-state index >= 15 is 0 Å². The molecule has 1 nitrogen and oxygen atoms in total. The van der Waals surface area contributed by atoms with Crippen LogP contribution in [0.25, 0.3) is 0 Å². The van der Waals surface area contributed by atoms with Gasteiger partial charge in [-0.15, -0.1) is 0 Å². The van der Waals surface area contributed by atoms with Crippen LogP contribution in [-0.2, 0) is 4.12 Å². The van der Waals surface area contributed by atoms with Crippen molar-refractivity contribution in [1.29, 1.82) is 0 Å². The highest BCUT2D eigenvalue weighted by Crippen LogP contribution is 2.50. The molecule has 0 aliphatic heterocycles. The summed E-state index contributed by atoms with van der Waals surface area (Å²) in [7, 11) is -6.00. The zero-order valence-corrected chi connectivity index (χ0v) is 16.3. The molecule has 0 bridgehead atoms. The number of hydrogen-bond donors (Lipinski definition) is 0. The molecule has 0 aromatic rings. The van der Waals surface area contributed by atoms with Crippen molar-refractivity contribution in [2.75, 3.05) is 0 Å². The Balaban J connectivity index is 2.23. The first-order chi connectivity index (χ1) is 10.2. The first kappa shape index (κ1) is 18.5. The highest BCUT2D eigenvalue weighted by molar-refractivity contribution is 6.87. The molecular formula is C16H31F3OSi2. The van der Waals surface area contributed by atoms with Gasteiger partial charge in [-0.1, -0.05) is 64.2 Å². The summed E-state index contributed by atoms with van der Waals surface area (Å²) < 4.78 is 46.6. The van der Waals surface area contributed by atoms with Crippen molar-refractivity contribution in [2.24, 2.45) is 0 Å². The normalized spacial score (nSPS) is 23.7. The maximum atomic E-state index is 13.5. The van der Waals surface area contributed by atoms with Gasteiger partial charge in [-0.3, -0.25) is 0 Å². The molecule has 0 N–H and O–H groups in total. The van der Waals surface area contributed by atoms with Crippen molar-refractivity contribution in [2.45, 2.75) is 101 Å². The minimum absolute atomic E-state index is 0.443. The Kier molecular flexibility index (Phi) is 5.87. The van der Waals surface area contributed by atoms with Gasteiger partial charge in [-0.25, -0.2) is 0 Å². The molecule has 2 fully saturated rings. The summed E-state index contributed by atoms with van der Waals surface area (Å²) in [4.78, 5) is 0. The van der Waals surface area contributed by atoms with Crippen molar-refractivity contribution in [3.63, 3.8) is 0 Å². The number of halogens is 3. The Bertz CT molecular complexity index is 341. The monoisotopic (exact) mass is 352 g/mol. The predicted octanol–water partition coefficient (Wildman–Crippen LogP) is 6.55. The second kappa shape index (κ2) is 6.97. The Hall–Kier alpha value is 0.184. The van der Waals surface area contributed by atoms with Crippen molar-refractivity contribution in [1.82, 2.24) is 0 Å². The van der Waals surface area contributed by atoms with E-state index in [9.17, 15) is 13.2 Å². The molecule has 2 rings (SSSR count). The summed E-state index contributed by atoms with van der Waals surface area (Å²) in [6, 6.07) is 0. The minimum atomic E-state index is -4.15. The van der Waals surface area contributed by atoms with Crippen molar-refractivity contribution >= 4 is 16.6 Å². The number of hydrogen-bond acceptors (Lipinski definition) is 1. The molecule has 6 heteroatoms. The van der Waals surface area contributed by atoms with Crippen LogP contribution in [0.2, 0.25) is 30.7 Å². The van der Waals surface area contributed by atoms with Crippen LogP contribution in [0, 0.1) is 0 Å². The van der Waals surface area contributed by atoms with Crippen molar-refractivity contribution in [3.8, 4) is 0 Å². The molecule has 2 aliphatic rings. The van der Waals surface area contributed by atoms with Gasteiger partial charge in [0.2, 0.25) is 0 Å². The molecule has 0 amide bonds. The molecule has 0 heterocycles. The van der Waals surface area contributed by atoms with E-state index < -0.39 is 22.4 Å². The fourth-order valence-corrected chi connectivity index (χ4v) is 14.4. The van der Waals surface area contributed by atoms with E-state index in [-0.39, 0.29) is 0 Å². The molecule has 0 radical (unpaired) electrons. The zero-order chi connectivity index (χ0) is 16.4. The van der Waals surface area contributed by atoms with Gasteiger partial charge < -0.3 is 4.12 Å². The summed E-state index contributed by atoms with van der Waals surface area (Å²) in [5.74, 6) is -4.15. The summed E-state index contributed by atoms with van der Waals surface area (Å²) in [5, 5.41) is 0. The van der Waals surface area contributed by atoms with Gasteiger partial charge in [0, 0.05) is 0 Å². The van der Waals surface area contributed by atoms with Crippen LogP contribution in [0.5, 0.6) is 0 Å². The van der Waals surface area contributed by atoms with Gasteiger partial charge in [0.05, 0.1) is 0 Å². The summed E-state index contributed by atoms with van der Waals surface area (Å²) >= 11 is 0. The highest BCUT2D eigenvalue weighted by atomic mass is 28.4. The second-order valence-corrected chi connectivity index (χ2v) is 16.4. The lowest BCUT2D eigenvalue weighted by Gasteiger charge is -2.48. The Morgan fingerprint density at radius 1 is 0.727 bits per heavy atom. The van der Waals surface area contributed by atoms with E-state index in [0.29, 0.717) is 11.1 Å². The quantitative estimate of drug-likeness (QED) is 0.521. The average molecular weight is 353 g/mol. The Labute approximate surface area is 135 Å². The maximum Gasteiger partial charge on any atom is 0.387 e. The molecule has 2 saturated carbocycles. The fraction of sp³-hybridized carbons (Fsp3) is 1.00. The van der Waals surface area contributed by atoms with Gasteiger partial charge in [0.15, 0.2) is 8.32 Å². The lowest BCUT2D eigenvalue weighted by atomic mass is 9.99. The third-order valence-electron chi connectivity index (χ3n) is 5.99. The first-order valence-electron chi connectivity index (χ1n) is 8.94. The molecule has 0 unspecified atom stereocenters. The zero-order valence-electron chi connectivity index (χ0n) is 14.3. The predicted molar refractivity (Wildman–Crippen MR) is 89.9 cm³/mol. The third-order valence-corrected chi connectivity index (χ3v) is 15.6. The van der Waals surface area contributed by atoms with Gasteiger partial charge >= 0.3 is 5.80 Å². The lowest BCUT2D eigenvalue weighted by Crippen LogP contribution is -2.59. The van der Waals surface area contributed by atoms with Crippen molar-refractivity contribution < 1.29 is 17.3 Å². The molecule has 0 spiro atoms. The van der Waals surface area contributed by atoms with E-state index in [4.69, 9.17) is 4.12 Å². The molecule has 0 aromatic carbocycles. The van der Waals surface area contributed by atoms with Gasteiger partial charge in [0.1, 0.15) is 0 Å². The maximum absolute atomic E-state index is 13.5. The second-order valence-electron chi connectivity index (χ2n) is 7.96. The molecule has 0 aromatic heterocycles. The number of alkyl halides is 3. The number of rotatable bonds is 4. The van der Waals surface area contributed by atoms with E-state index in [0.717, 1.165) is 25.7 Å². The van der Waals surface area contributed by atoms with Gasteiger partial charge in [-0.05, 0) is 30.7 Å². The van der Waals surface area contributed by atoms with Crippen molar-refractivity contribution in [3.05, 3.63) is 0 Å². The van der Waals surface area contributed by atoms with Crippen LogP contribution in [0.15, 0.2) is 0 Å². The van der Waals surface area contributed by atoms with E-state index in [1.54, 1.807) is 0 Å². The molecule has 0 saturated heterocycles. The topological polar surface area (TPSA) is 9.23 Å². The van der Waals surface area contributed by atoms with Crippen LogP contribution in [0.4, 0.5) is 13.2 Å². The first-order valence-corrected chi connectivity index (χ1v) is 14.4. The largest absolute Gasteiger partial charge is 0.449 e. The van der Waals surface area contributed by atoms with Crippen LogP contribution in [0.1, 0.15) is 64.2 Å². The highest BCUT2D eigenvalue weighted by Gasteiger charge is 2.58. The Morgan fingerprint density at radius 2 is 1.09 bits per heavy atom. The summed E-state index contributed by atoms with van der Waals surface area (Å²) in [6.45, 7) is 4.88. The summed E-state index contributed by atoms with van der Waals surface area (Å²) in [5.41, 5.74) is 0.886.